The maximum absolute atomic E-state index is 14.0. The lowest BCUT2D eigenvalue weighted by molar-refractivity contribution is -0.137. The molecule has 0 saturated carbocycles. The van der Waals surface area contributed by atoms with E-state index in [4.69, 9.17) is 4.84 Å². The zero-order chi connectivity index (χ0) is 30.9. The van der Waals surface area contributed by atoms with Crippen molar-refractivity contribution in [1.29, 1.82) is 5.26 Å². The van der Waals surface area contributed by atoms with Gasteiger partial charge in [0.15, 0.2) is 5.75 Å². The highest BCUT2D eigenvalue weighted by molar-refractivity contribution is 5.98. The Hall–Kier alpha value is -5.30. The topological polar surface area (TPSA) is 89.1 Å². The molecular formula is C33H27F3N4O3. The van der Waals surface area contributed by atoms with Crippen LogP contribution in [0.5, 0.6) is 5.75 Å². The summed E-state index contributed by atoms with van der Waals surface area (Å²) in [5, 5.41) is 13.1. The first-order valence-electron chi connectivity index (χ1n) is 13.5. The van der Waals surface area contributed by atoms with Gasteiger partial charge in [0.2, 0.25) is 0 Å². The number of hydrogen-bond acceptors (Lipinski definition) is 4. The first kappa shape index (κ1) is 29.2. The van der Waals surface area contributed by atoms with Gasteiger partial charge in [-0.2, -0.15) is 23.2 Å². The molecule has 0 fully saturated rings. The first-order valence-corrected chi connectivity index (χ1v) is 13.5. The molecule has 0 aliphatic rings. The molecule has 218 valence electrons. The maximum atomic E-state index is 14.0. The second-order valence-electron chi connectivity index (χ2n) is 10.1. The van der Waals surface area contributed by atoms with Gasteiger partial charge in [-0.3, -0.25) is 9.59 Å². The highest BCUT2D eigenvalue weighted by Crippen LogP contribution is 2.34. The normalized spacial score (nSPS) is 11.4. The van der Waals surface area contributed by atoms with Crippen LogP contribution in [0.3, 0.4) is 0 Å². The summed E-state index contributed by atoms with van der Waals surface area (Å²) in [5.41, 5.74) is 0.544. The van der Waals surface area contributed by atoms with Crippen LogP contribution in [-0.2, 0) is 12.7 Å². The van der Waals surface area contributed by atoms with Crippen molar-refractivity contribution >= 4 is 16.8 Å². The molecule has 1 amide bonds. The number of fused-ring (bicyclic) bond motifs is 1. The van der Waals surface area contributed by atoms with Gasteiger partial charge in [-0.25, -0.2) is 0 Å². The first-order chi connectivity index (χ1) is 20.5. The van der Waals surface area contributed by atoms with E-state index in [1.165, 1.54) is 27.5 Å². The number of aromatic nitrogens is 2. The molecule has 2 heterocycles. The van der Waals surface area contributed by atoms with Crippen LogP contribution in [-0.4, -0.2) is 21.7 Å². The Kier molecular flexibility index (Phi) is 7.83. The molecule has 3 aromatic carbocycles. The molecule has 0 aliphatic carbocycles. The Labute approximate surface area is 245 Å². The molecule has 7 nitrogen and oxygen atoms in total. The van der Waals surface area contributed by atoms with Gasteiger partial charge in [-0.15, -0.1) is 0 Å². The van der Waals surface area contributed by atoms with Gasteiger partial charge < -0.3 is 14.7 Å². The molecule has 0 saturated heterocycles. The summed E-state index contributed by atoms with van der Waals surface area (Å²) in [5.74, 6) is -0.0217. The number of para-hydroxylation sites is 1. The van der Waals surface area contributed by atoms with Crippen LogP contribution < -0.4 is 15.7 Å². The van der Waals surface area contributed by atoms with Crippen LogP contribution in [0.25, 0.3) is 22.2 Å². The fourth-order valence-electron chi connectivity index (χ4n) is 5.00. The van der Waals surface area contributed by atoms with E-state index in [0.717, 1.165) is 28.1 Å². The average Bonchev–Trinajstić information content (AvgIpc) is 3.33. The molecule has 1 N–H and O–H groups in total. The lowest BCUT2D eigenvalue weighted by atomic mass is 10.0. The number of nitriles is 1. The fourth-order valence-corrected chi connectivity index (χ4v) is 5.00. The van der Waals surface area contributed by atoms with Gasteiger partial charge in [0.1, 0.15) is 17.3 Å². The molecule has 0 aliphatic heterocycles. The second-order valence-corrected chi connectivity index (χ2v) is 10.1. The molecule has 2 aromatic heterocycles. The minimum absolute atomic E-state index is 0.00252. The number of hydrogen-bond donors (Lipinski definition) is 1. The Morgan fingerprint density at radius 2 is 1.72 bits per heavy atom. The molecule has 10 heteroatoms. The quantitative estimate of drug-likeness (QED) is 0.233. The molecule has 0 bridgehead atoms. The largest absolute Gasteiger partial charge is 0.417 e. The predicted molar refractivity (Wildman–Crippen MR) is 157 cm³/mol. The molecule has 0 radical (unpaired) electrons. The van der Waals surface area contributed by atoms with E-state index < -0.39 is 22.9 Å². The summed E-state index contributed by atoms with van der Waals surface area (Å²) in [6.45, 7) is 5.96. The van der Waals surface area contributed by atoms with Gasteiger partial charge in [-0.1, -0.05) is 42.0 Å². The maximum Gasteiger partial charge on any atom is 0.417 e. The third-order valence-electron chi connectivity index (χ3n) is 7.13. The van der Waals surface area contributed by atoms with E-state index in [1.54, 1.807) is 31.2 Å². The lowest BCUT2D eigenvalue weighted by Gasteiger charge is -2.19. The minimum Gasteiger partial charge on any atom is -0.374 e. The number of amides is 1. The molecule has 5 rings (SSSR count). The van der Waals surface area contributed by atoms with Crippen LogP contribution in [0.1, 0.15) is 45.2 Å². The lowest BCUT2D eigenvalue weighted by Crippen LogP contribution is -2.29. The number of carbonyl (C=O) groups is 1. The average molecular weight is 585 g/mol. The van der Waals surface area contributed by atoms with Crippen molar-refractivity contribution in [2.24, 2.45) is 0 Å². The van der Waals surface area contributed by atoms with E-state index in [-0.39, 0.29) is 23.8 Å². The number of alkyl halides is 3. The van der Waals surface area contributed by atoms with E-state index in [9.17, 15) is 28.0 Å². The Morgan fingerprint density at radius 3 is 2.37 bits per heavy atom. The van der Waals surface area contributed by atoms with E-state index in [2.05, 4.69) is 5.32 Å². The van der Waals surface area contributed by atoms with Gasteiger partial charge in [-0.05, 0) is 79.9 Å². The van der Waals surface area contributed by atoms with Crippen molar-refractivity contribution in [3.05, 3.63) is 123 Å². The van der Waals surface area contributed by atoms with Crippen LogP contribution in [0, 0.1) is 25.2 Å². The molecular weight excluding hydrogens is 557 g/mol. The van der Waals surface area contributed by atoms with E-state index >= 15 is 0 Å². The molecule has 5 aromatic rings. The summed E-state index contributed by atoms with van der Waals surface area (Å²) >= 11 is 0. The summed E-state index contributed by atoms with van der Waals surface area (Å²) in [6.07, 6.45) is -4.91. The van der Waals surface area contributed by atoms with Gasteiger partial charge in [0, 0.05) is 11.9 Å². The third-order valence-corrected chi connectivity index (χ3v) is 7.13. The highest BCUT2D eigenvalue weighted by Gasteiger charge is 2.36. The number of carbonyl (C=O) groups excluding carboxylic acids is 1. The highest BCUT2D eigenvalue weighted by atomic mass is 19.4. The van der Waals surface area contributed by atoms with Crippen molar-refractivity contribution in [1.82, 2.24) is 14.6 Å². The smallest absolute Gasteiger partial charge is 0.374 e. The molecule has 0 unspecified atom stereocenters. The number of halogens is 3. The zero-order valence-corrected chi connectivity index (χ0v) is 23.6. The third kappa shape index (κ3) is 5.75. The Morgan fingerprint density at radius 1 is 1.00 bits per heavy atom. The summed E-state index contributed by atoms with van der Waals surface area (Å²) in [4.78, 5) is 32.2. The van der Waals surface area contributed by atoms with Crippen LogP contribution in [0.4, 0.5) is 13.2 Å². The fraction of sp³-hybridized carbons (Fsp3) is 0.182. The molecule has 0 spiro atoms. The van der Waals surface area contributed by atoms with E-state index in [0.29, 0.717) is 23.4 Å². The molecule has 43 heavy (non-hydrogen) atoms. The van der Waals surface area contributed by atoms with Crippen LogP contribution >= 0.6 is 0 Å². The van der Waals surface area contributed by atoms with Crippen LogP contribution in [0.2, 0.25) is 0 Å². The Balaban J connectivity index is 1.60. The number of nitrogens with one attached hydrogen (secondary N) is 1. The predicted octanol–water partition coefficient (Wildman–Crippen LogP) is 6.62. The van der Waals surface area contributed by atoms with Crippen molar-refractivity contribution in [3.8, 4) is 23.1 Å². The second kappa shape index (κ2) is 11.5. The number of aryl methyl sites for hydroxylation is 2. The van der Waals surface area contributed by atoms with Crippen molar-refractivity contribution < 1.29 is 22.8 Å². The van der Waals surface area contributed by atoms with Crippen molar-refractivity contribution in [3.63, 3.8) is 0 Å². The van der Waals surface area contributed by atoms with Crippen molar-refractivity contribution in [2.45, 2.75) is 33.5 Å². The summed E-state index contributed by atoms with van der Waals surface area (Å²) < 4.78 is 44.5. The van der Waals surface area contributed by atoms with Gasteiger partial charge >= 0.3 is 6.18 Å². The SMILES string of the molecule is CCNC(=O)c1cc2ccccc2n1Oc1ccc(-c2cc(C(F)(F)F)c(C#N)c(=O)n2Cc2ccc(C)cc2C)cc1. The number of nitrogens with zero attached hydrogens (tertiary/aromatic N) is 3. The minimum atomic E-state index is -4.91. The van der Waals surface area contributed by atoms with E-state index in [1.807, 2.05) is 50.2 Å². The molecule has 0 atom stereocenters. The van der Waals surface area contributed by atoms with Crippen LogP contribution in [0.15, 0.2) is 83.7 Å². The number of pyridine rings is 1. The summed E-state index contributed by atoms with van der Waals surface area (Å²) in [7, 11) is 0. The number of rotatable bonds is 7. The zero-order valence-electron chi connectivity index (χ0n) is 23.6. The number of benzene rings is 3. The standard InChI is InChI=1S/C33H27F3N4O3/c1-4-38-31(41)30-16-23-7-5-6-8-28(23)40(30)43-25-13-11-22(12-14-25)29-17-27(33(34,35)36)26(18-37)32(42)39(29)19-24-10-9-20(2)15-21(24)3/h5-17H,4,19H2,1-3H3,(H,38,41). The summed E-state index contributed by atoms with van der Waals surface area (Å²) in [6, 6.07) is 23.0. The van der Waals surface area contributed by atoms with Gasteiger partial charge in [0.05, 0.1) is 23.3 Å². The monoisotopic (exact) mass is 584 g/mol. The Bertz CT molecular complexity index is 1950. The van der Waals surface area contributed by atoms with Gasteiger partial charge in [0.25, 0.3) is 11.5 Å². The van der Waals surface area contributed by atoms with Crippen molar-refractivity contribution in [2.75, 3.05) is 6.54 Å².